The fraction of sp³-hybridized carbons (Fsp3) is 0.348. The van der Waals surface area contributed by atoms with Crippen LogP contribution in [-0.2, 0) is 24.8 Å². The number of aromatic nitrogens is 2. The number of morpholine rings is 1. The van der Waals surface area contributed by atoms with Crippen LogP contribution in [0.3, 0.4) is 0 Å². The summed E-state index contributed by atoms with van der Waals surface area (Å²) in [5.74, 6) is 0.388. The van der Waals surface area contributed by atoms with Crippen LogP contribution < -0.4 is 4.74 Å². The first kappa shape index (κ1) is 20.8. The van der Waals surface area contributed by atoms with E-state index in [1.165, 1.54) is 12.1 Å². The van der Waals surface area contributed by atoms with Gasteiger partial charge in [-0.1, -0.05) is 29.8 Å². The highest BCUT2D eigenvalue weighted by Crippen LogP contribution is 2.25. The average molecular weight is 430 g/mol. The highest BCUT2D eigenvalue weighted by Gasteiger charge is 2.25. The maximum absolute atomic E-state index is 13.0. The number of rotatable bonds is 7. The smallest absolute Gasteiger partial charge is 0.123 e. The molecule has 0 spiro atoms. The molecule has 1 fully saturated rings. The molecule has 158 valence electrons. The van der Waals surface area contributed by atoms with Crippen molar-refractivity contribution >= 4 is 11.6 Å². The van der Waals surface area contributed by atoms with Crippen LogP contribution >= 0.6 is 11.6 Å². The van der Waals surface area contributed by atoms with E-state index in [0.717, 1.165) is 41.6 Å². The predicted molar refractivity (Wildman–Crippen MR) is 114 cm³/mol. The molecule has 0 N–H and O–H groups in total. The third kappa shape index (κ3) is 5.19. The van der Waals surface area contributed by atoms with E-state index < -0.39 is 0 Å². The van der Waals surface area contributed by atoms with Gasteiger partial charge in [0.05, 0.1) is 18.9 Å². The SMILES string of the molecule is Cn1nc([C@@H]2CN(Cc3ccccc3Cl)CCO2)cc1CCOc1ccc(F)cc1. The zero-order valence-corrected chi connectivity index (χ0v) is 17.7. The Labute approximate surface area is 181 Å². The molecule has 0 aliphatic carbocycles. The first-order valence-corrected chi connectivity index (χ1v) is 10.4. The molecule has 2 heterocycles. The van der Waals surface area contributed by atoms with Gasteiger partial charge in [0.15, 0.2) is 0 Å². The van der Waals surface area contributed by atoms with Crippen LogP contribution in [0.5, 0.6) is 5.75 Å². The Morgan fingerprint density at radius 3 is 2.80 bits per heavy atom. The van der Waals surface area contributed by atoms with Crippen LogP contribution in [-0.4, -0.2) is 41.0 Å². The summed E-state index contributed by atoms with van der Waals surface area (Å²) in [6.07, 6.45) is 0.635. The lowest BCUT2D eigenvalue weighted by Gasteiger charge is -2.32. The topological polar surface area (TPSA) is 39.5 Å². The molecule has 0 unspecified atom stereocenters. The van der Waals surface area contributed by atoms with Crippen molar-refractivity contribution in [2.24, 2.45) is 7.05 Å². The Hall–Kier alpha value is -2.41. The maximum atomic E-state index is 13.0. The van der Waals surface area contributed by atoms with Crippen molar-refractivity contribution in [1.29, 1.82) is 0 Å². The number of ether oxygens (including phenoxy) is 2. The minimum Gasteiger partial charge on any atom is -0.493 e. The zero-order chi connectivity index (χ0) is 20.9. The highest BCUT2D eigenvalue weighted by molar-refractivity contribution is 6.31. The van der Waals surface area contributed by atoms with Gasteiger partial charge < -0.3 is 9.47 Å². The molecule has 30 heavy (non-hydrogen) atoms. The lowest BCUT2D eigenvalue weighted by molar-refractivity contribution is -0.0352. The number of halogens is 2. The van der Waals surface area contributed by atoms with Gasteiger partial charge in [-0.3, -0.25) is 9.58 Å². The van der Waals surface area contributed by atoms with E-state index in [4.69, 9.17) is 21.1 Å². The number of hydrogen-bond acceptors (Lipinski definition) is 4. The van der Waals surface area contributed by atoms with E-state index in [9.17, 15) is 4.39 Å². The summed E-state index contributed by atoms with van der Waals surface area (Å²) in [6.45, 7) is 3.59. The second-order valence-electron chi connectivity index (χ2n) is 7.42. The highest BCUT2D eigenvalue weighted by atomic mass is 35.5. The minimum absolute atomic E-state index is 0.0702. The van der Waals surface area contributed by atoms with Crippen LogP contribution in [0.4, 0.5) is 4.39 Å². The van der Waals surface area contributed by atoms with Crippen LogP contribution in [0.1, 0.15) is 23.1 Å². The van der Waals surface area contributed by atoms with Crippen molar-refractivity contribution in [3.05, 3.63) is 82.4 Å². The van der Waals surface area contributed by atoms with Crippen molar-refractivity contribution in [2.45, 2.75) is 19.1 Å². The lowest BCUT2D eigenvalue weighted by atomic mass is 10.1. The number of nitrogens with zero attached hydrogens (tertiary/aromatic N) is 3. The molecule has 3 aromatic rings. The second kappa shape index (κ2) is 9.60. The summed E-state index contributed by atoms with van der Waals surface area (Å²) >= 11 is 6.32. The summed E-state index contributed by atoms with van der Waals surface area (Å²) in [4.78, 5) is 2.35. The third-order valence-electron chi connectivity index (χ3n) is 5.27. The Bertz CT molecular complexity index is 977. The van der Waals surface area contributed by atoms with Gasteiger partial charge >= 0.3 is 0 Å². The van der Waals surface area contributed by atoms with Gasteiger partial charge in [0.25, 0.3) is 0 Å². The van der Waals surface area contributed by atoms with E-state index in [0.29, 0.717) is 25.4 Å². The molecule has 0 amide bonds. The summed E-state index contributed by atoms with van der Waals surface area (Å²) in [5, 5.41) is 5.46. The Balaban J connectivity index is 1.34. The number of hydrogen-bond donors (Lipinski definition) is 0. The summed E-state index contributed by atoms with van der Waals surface area (Å²) in [7, 11) is 1.93. The summed E-state index contributed by atoms with van der Waals surface area (Å²) in [6, 6.07) is 16.1. The van der Waals surface area contributed by atoms with Crippen molar-refractivity contribution in [1.82, 2.24) is 14.7 Å². The molecule has 2 aromatic carbocycles. The van der Waals surface area contributed by atoms with E-state index in [1.807, 2.05) is 29.9 Å². The molecule has 0 radical (unpaired) electrons. The van der Waals surface area contributed by atoms with E-state index in [2.05, 4.69) is 22.1 Å². The van der Waals surface area contributed by atoms with Crippen molar-refractivity contribution in [3.8, 4) is 5.75 Å². The largest absolute Gasteiger partial charge is 0.493 e. The number of benzene rings is 2. The first-order valence-electron chi connectivity index (χ1n) is 10.1. The van der Waals surface area contributed by atoms with Crippen LogP contribution in [0.2, 0.25) is 5.02 Å². The van der Waals surface area contributed by atoms with Gasteiger partial charge in [-0.2, -0.15) is 5.10 Å². The van der Waals surface area contributed by atoms with Gasteiger partial charge in [-0.25, -0.2) is 4.39 Å². The van der Waals surface area contributed by atoms with E-state index >= 15 is 0 Å². The fourth-order valence-corrected chi connectivity index (χ4v) is 3.81. The number of aryl methyl sites for hydroxylation is 1. The molecule has 7 heteroatoms. The minimum atomic E-state index is -0.269. The molecule has 5 nitrogen and oxygen atoms in total. The van der Waals surface area contributed by atoms with Crippen LogP contribution in [0.15, 0.2) is 54.6 Å². The van der Waals surface area contributed by atoms with Gasteiger partial charge in [-0.05, 0) is 42.0 Å². The molecule has 1 saturated heterocycles. The zero-order valence-electron chi connectivity index (χ0n) is 16.9. The van der Waals surface area contributed by atoms with Crippen LogP contribution in [0.25, 0.3) is 0 Å². The van der Waals surface area contributed by atoms with Gasteiger partial charge in [0, 0.05) is 43.8 Å². The molecule has 1 aliphatic heterocycles. The Morgan fingerprint density at radius 1 is 1.20 bits per heavy atom. The summed E-state index contributed by atoms with van der Waals surface area (Å²) in [5.41, 5.74) is 3.12. The maximum Gasteiger partial charge on any atom is 0.123 e. The monoisotopic (exact) mass is 429 g/mol. The van der Waals surface area contributed by atoms with Crippen molar-refractivity contribution in [2.75, 3.05) is 26.3 Å². The molecule has 0 bridgehead atoms. The van der Waals surface area contributed by atoms with Crippen molar-refractivity contribution in [3.63, 3.8) is 0 Å². The third-order valence-corrected chi connectivity index (χ3v) is 5.64. The average Bonchev–Trinajstić information content (AvgIpc) is 3.12. The molecular formula is C23H25ClFN3O2. The lowest BCUT2D eigenvalue weighted by Crippen LogP contribution is -2.38. The standard InChI is InChI=1S/C23H25ClFN3O2/c1-27-19(10-12-29-20-8-6-18(25)7-9-20)14-22(26-27)23-16-28(11-13-30-23)15-17-4-2-3-5-21(17)24/h2-9,14,23H,10-13,15-16H2,1H3/t23-/m0/s1. The first-order chi connectivity index (χ1) is 14.6. The Kier molecular flexibility index (Phi) is 6.67. The predicted octanol–water partition coefficient (Wildman–Crippen LogP) is 4.41. The molecular weight excluding hydrogens is 405 g/mol. The molecule has 4 rings (SSSR count). The van der Waals surface area contributed by atoms with Gasteiger partial charge in [-0.15, -0.1) is 0 Å². The van der Waals surface area contributed by atoms with E-state index in [-0.39, 0.29) is 11.9 Å². The van der Waals surface area contributed by atoms with E-state index in [1.54, 1.807) is 12.1 Å². The Morgan fingerprint density at radius 2 is 2.00 bits per heavy atom. The molecule has 1 atom stereocenters. The summed E-state index contributed by atoms with van der Waals surface area (Å²) < 4.78 is 26.6. The second-order valence-corrected chi connectivity index (χ2v) is 7.83. The molecule has 0 saturated carbocycles. The molecule has 1 aromatic heterocycles. The quantitative estimate of drug-likeness (QED) is 0.557. The van der Waals surface area contributed by atoms with Gasteiger partial charge in [0.1, 0.15) is 17.7 Å². The van der Waals surface area contributed by atoms with Gasteiger partial charge in [0.2, 0.25) is 0 Å². The molecule has 1 aliphatic rings. The van der Waals surface area contributed by atoms with Crippen molar-refractivity contribution < 1.29 is 13.9 Å². The van der Waals surface area contributed by atoms with Crippen LogP contribution in [0, 0.1) is 5.82 Å². The normalized spacial score (nSPS) is 17.2. The fourth-order valence-electron chi connectivity index (χ4n) is 3.62.